The number of nitrogens with zero attached hydrogens (tertiary/aromatic N) is 2. The minimum Gasteiger partial charge on any atom is -0.369 e. The van der Waals surface area contributed by atoms with Crippen molar-refractivity contribution in [3.8, 4) is 0 Å². The van der Waals surface area contributed by atoms with Gasteiger partial charge in [0, 0.05) is 41.5 Å². The first kappa shape index (κ1) is 12.9. The Bertz CT molecular complexity index is 541. The Morgan fingerprint density at radius 1 is 1.39 bits per heavy atom. The van der Waals surface area contributed by atoms with Crippen molar-refractivity contribution in [2.45, 2.75) is 6.54 Å². The average Bonchev–Trinajstić information content (AvgIpc) is 2.34. The van der Waals surface area contributed by atoms with Crippen molar-refractivity contribution in [3.63, 3.8) is 0 Å². The molecule has 0 fully saturated rings. The molecule has 0 spiro atoms. The summed E-state index contributed by atoms with van der Waals surface area (Å²) in [6.07, 6.45) is 4.73. The lowest BCUT2D eigenvalue weighted by atomic mass is 10.2. The van der Waals surface area contributed by atoms with Crippen molar-refractivity contribution in [1.29, 1.82) is 0 Å². The highest BCUT2D eigenvalue weighted by Crippen LogP contribution is 2.23. The molecule has 18 heavy (non-hydrogen) atoms. The summed E-state index contributed by atoms with van der Waals surface area (Å²) in [5.74, 6) is 0. The lowest BCUT2D eigenvalue weighted by molar-refractivity contribution is -0.419. The van der Waals surface area contributed by atoms with E-state index in [0.717, 1.165) is 5.56 Å². The monoisotopic (exact) mass is 284 g/mol. The van der Waals surface area contributed by atoms with Gasteiger partial charge in [-0.3, -0.25) is 10.1 Å². The fraction of sp³-hybridized carbons (Fsp3) is 0.167. The van der Waals surface area contributed by atoms with E-state index in [1.807, 2.05) is 4.90 Å². The number of hydrogen-bond donors (Lipinski definition) is 0. The molecule has 94 valence electrons. The number of rotatable bonds is 3. The molecule has 0 aromatic heterocycles. The number of benzene rings is 1. The quantitative estimate of drug-likeness (QED) is 0.631. The van der Waals surface area contributed by atoms with Gasteiger partial charge in [-0.1, -0.05) is 23.2 Å². The molecule has 0 amide bonds. The highest BCUT2D eigenvalue weighted by molar-refractivity contribution is 6.33. The molecular weight excluding hydrogens is 275 g/mol. The molecule has 0 radical (unpaired) electrons. The molecule has 1 heterocycles. The zero-order chi connectivity index (χ0) is 13.1. The van der Waals surface area contributed by atoms with Crippen LogP contribution in [0.25, 0.3) is 0 Å². The van der Waals surface area contributed by atoms with E-state index < -0.39 is 4.92 Å². The first-order valence-electron chi connectivity index (χ1n) is 5.27. The Hall–Kier alpha value is -1.52. The van der Waals surface area contributed by atoms with Gasteiger partial charge in [0.2, 0.25) is 0 Å². The van der Waals surface area contributed by atoms with E-state index in [-0.39, 0.29) is 5.70 Å². The summed E-state index contributed by atoms with van der Waals surface area (Å²) < 4.78 is 0. The maximum atomic E-state index is 10.5. The summed E-state index contributed by atoms with van der Waals surface area (Å²) >= 11 is 12.0. The highest BCUT2D eigenvalue weighted by atomic mass is 35.5. The van der Waals surface area contributed by atoms with E-state index in [1.54, 1.807) is 30.5 Å². The minimum absolute atomic E-state index is 0.114. The first-order chi connectivity index (χ1) is 8.56. The molecule has 1 aromatic carbocycles. The van der Waals surface area contributed by atoms with E-state index in [4.69, 9.17) is 23.2 Å². The van der Waals surface area contributed by atoms with Gasteiger partial charge in [-0.05, 0) is 23.8 Å². The Kier molecular flexibility index (Phi) is 3.89. The summed E-state index contributed by atoms with van der Waals surface area (Å²) in [4.78, 5) is 12.1. The van der Waals surface area contributed by atoms with E-state index >= 15 is 0 Å². The summed E-state index contributed by atoms with van der Waals surface area (Å²) in [5, 5.41) is 11.8. The van der Waals surface area contributed by atoms with Gasteiger partial charge < -0.3 is 4.90 Å². The molecule has 0 saturated heterocycles. The van der Waals surface area contributed by atoms with Gasteiger partial charge in [-0.15, -0.1) is 0 Å². The topological polar surface area (TPSA) is 46.4 Å². The van der Waals surface area contributed by atoms with Gasteiger partial charge in [0.25, 0.3) is 5.70 Å². The van der Waals surface area contributed by atoms with E-state index in [0.29, 0.717) is 23.1 Å². The van der Waals surface area contributed by atoms with Crippen molar-refractivity contribution >= 4 is 23.2 Å². The molecule has 1 aromatic rings. The van der Waals surface area contributed by atoms with Gasteiger partial charge >= 0.3 is 0 Å². The van der Waals surface area contributed by atoms with E-state index in [2.05, 4.69) is 0 Å². The third kappa shape index (κ3) is 3.03. The van der Waals surface area contributed by atoms with Crippen molar-refractivity contribution in [2.24, 2.45) is 0 Å². The third-order valence-electron chi connectivity index (χ3n) is 2.58. The van der Waals surface area contributed by atoms with Gasteiger partial charge in [0.1, 0.15) is 0 Å². The van der Waals surface area contributed by atoms with E-state index in [9.17, 15) is 10.1 Å². The average molecular weight is 285 g/mol. The van der Waals surface area contributed by atoms with Crippen LogP contribution < -0.4 is 0 Å². The SMILES string of the molecule is O=[N+]([O-])C1=CCN(Cc2cc(Cl)ccc2Cl)C=C1. The van der Waals surface area contributed by atoms with Gasteiger partial charge in [0.05, 0.1) is 4.92 Å². The number of allylic oxidation sites excluding steroid dienone is 1. The van der Waals surface area contributed by atoms with Crippen molar-refractivity contribution in [2.75, 3.05) is 6.54 Å². The molecular formula is C12H10Cl2N2O2. The smallest absolute Gasteiger partial charge is 0.268 e. The second-order valence-electron chi connectivity index (χ2n) is 3.87. The predicted molar refractivity (Wildman–Crippen MR) is 71.1 cm³/mol. The Balaban J connectivity index is 2.07. The molecule has 0 bridgehead atoms. The second kappa shape index (κ2) is 5.42. The normalized spacial score (nSPS) is 14.6. The van der Waals surface area contributed by atoms with Gasteiger partial charge in [-0.2, -0.15) is 0 Å². The maximum absolute atomic E-state index is 10.5. The fourth-order valence-electron chi connectivity index (χ4n) is 1.66. The van der Waals surface area contributed by atoms with Crippen LogP contribution in [-0.4, -0.2) is 16.4 Å². The fourth-order valence-corrected chi connectivity index (χ4v) is 2.03. The van der Waals surface area contributed by atoms with Crippen molar-refractivity contribution < 1.29 is 4.92 Å². The maximum Gasteiger partial charge on any atom is 0.268 e. The van der Waals surface area contributed by atoms with Crippen LogP contribution in [0.1, 0.15) is 5.56 Å². The largest absolute Gasteiger partial charge is 0.369 e. The molecule has 0 N–H and O–H groups in total. The second-order valence-corrected chi connectivity index (χ2v) is 4.71. The van der Waals surface area contributed by atoms with Crippen LogP contribution in [0.3, 0.4) is 0 Å². The van der Waals surface area contributed by atoms with Gasteiger partial charge in [0.15, 0.2) is 0 Å². The van der Waals surface area contributed by atoms with Crippen molar-refractivity contribution in [3.05, 3.63) is 68.0 Å². The lowest BCUT2D eigenvalue weighted by Crippen LogP contribution is -2.20. The van der Waals surface area contributed by atoms with Gasteiger partial charge in [-0.25, -0.2) is 0 Å². The molecule has 4 nitrogen and oxygen atoms in total. The molecule has 0 unspecified atom stereocenters. The standard InChI is InChI=1S/C12H10Cl2N2O2/c13-10-1-2-12(14)9(7-10)8-15-5-3-11(4-6-15)16(17)18/h1-5,7H,6,8H2. The number of halogens is 2. The Morgan fingerprint density at radius 2 is 2.17 bits per heavy atom. The van der Waals surface area contributed by atoms with Crippen LogP contribution >= 0.6 is 23.2 Å². The minimum atomic E-state index is -0.403. The zero-order valence-electron chi connectivity index (χ0n) is 9.35. The molecule has 0 atom stereocenters. The Morgan fingerprint density at radius 3 is 2.78 bits per heavy atom. The summed E-state index contributed by atoms with van der Waals surface area (Å²) in [5.41, 5.74) is 1.01. The molecule has 2 rings (SSSR count). The molecule has 0 aliphatic carbocycles. The van der Waals surface area contributed by atoms with Crippen LogP contribution in [0.15, 0.2) is 42.2 Å². The first-order valence-corrected chi connectivity index (χ1v) is 6.02. The third-order valence-corrected chi connectivity index (χ3v) is 3.19. The summed E-state index contributed by atoms with van der Waals surface area (Å²) in [6, 6.07) is 5.26. The summed E-state index contributed by atoms with van der Waals surface area (Å²) in [7, 11) is 0. The predicted octanol–water partition coefficient (Wildman–Crippen LogP) is 3.48. The lowest BCUT2D eigenvalue weighted by Gasteiger charge is -2.21. The molecule has 6 heteroatoms. The van der Waals surface area contributed by atoms with E-state index in [1.165, 1.54) is 6.08 Å². The van der Waals surface area contributed by atoms with Crippen LogP contribution in [0.2, 0.25) is 10.0 Å². The molecule has 0 saturated carbocycles. The summed E-state index contributed by atoms with van der Waals surface area (Å²) in [6.45, 7) is 1.05. The molecule has 1 aliphatic heterocycles. The van der Waals surface area contributed by atoms with Crippen LogP contribution in [0.4, 0.5) is 0 Å². The van der Waals surface area contributed by atoms with Crippen LogP contribution in [-0.2, 0) is 6.54 Å². The number of hydrogen-bond acceptors (Lipinski definition) is 3. The number of nitro groups is 1. The highest BCUT2D eigenvalue weighted by Gasteiger charge is 2.13. The molecule has 1 aliphatic rings. The van der Waals surface area contributed by atoms with Crippen LogP contribution in [0.5, 0.6) is 0 Å². The zero-order valence-corrected chi connectivity index (χ0v) is 10.9. The van der Waals surface area contributed by atoms with Crippen LogP contribution in [0, 0.1) is 10.1 Å². The Labute approximate surface area is 114 Å². The van der Waals surface area contributed by atoms with Crippen molar-refractivity contribution in [1.82, 2.24) is 4.90 Å².